The molecule has 1 heterocycles. The van der Waals surface area contributed by atoms with Gasteiger partial charge >= 0.3 is 0 Å². The third-order valence-corrected chi connectivity index (χ3v) is 8.78. The van der Waals surface area contributed by atoms with Crippen LogP contribution in [0.25, 0.3) is 22.0 Å². The molecule has 2 saturated carbocycles. The summed E-state index contributed by atoms with van der Waals surface area (Å²) in [6.45, 7) is 4.41. The molecule has 1 aromatic heterocycles. The summed E-state index contributed by atoms with van der Waals surface area (Å²) in [5, 5.41) is 2.37. The zero-order valence-corrected chi connectivity index (χ0v) is 19.4. The smallest absolute Gasteiger partial charge is 0.198 e. The highest BCUT2D eigenvalue weighted by Gasteiger charge is 2.34. The Morgan fingerprint density at radius 2 is 1.58 bits per heavy atom. The van der Waals surface area contributed by atoms with Gasteiger partial charge in [-0.05, 0) is 96.6 Å². The van der Waals surface area contributed by atoms with E-state index in [1.807, 2.05) is 0 Å². The lowest BCUT2D eigenvalue weighted by Crippen LogP contribution is -2.35. The third-order valence-electron chi connectivity index (χ3n) is 8.78. The quantitative estimate of drug-likeness (QED) is 0.394. The van der Waals surface area contributed by atoms with Gasteiger partial charge in [0.1, 0.15) is 7.05 Å². The van der Waals surface area contributed by atoms with E-state index in [9.17, 15) is 0 Å². The number of pyridine rings is 1. The second-order valence-electron chi connectivity index (χ2n) is 10.7. The molecule has 0 amide bonds. The number of hydrogen-bond donors (Lipinski definition) is 0. The Morgan fingerprint density at radius 1 is 0.903 bits per heavy atom. The molecule has 2 bridgehead atoms. The van der Waals surface area contributed by atoms with Gasteiger partial charge in [-0.2, -0.15) is 4.57 Å². The Labute approximate surface area is 188 Å². The minimum Gasteiger partial charge on any atom is -0.198 e. The average molecular weight is 412 g/mol. The molecule has 0 unspecified atom stereocenters. The van der Waals surface area contributed by atoms with Crippen molar-refractivity contribution in [1.82, 2.24) is 0 Å². The largest absolute Gasteiger partial charge is 0.220 e. The Morgan fingerprint density at radius 3 is 2.29 bits per heavy atom. The lowest BCUT2D eigenvalue weighted by molar-refractivity contribution is -0.665. The first-order valence-corrected chi connectivity index (χ1v) is 12.6. The van der Waals surface area contributed by atoms with Crippen molar-refractivity contribution >= 4 is 10.8 Å². The Hall–Kier alpha value is -2.15. The zero-order valence-electron chi connectivity index (χ0n) is 20.4. The van der Waals surface area contributed by atoms with E-state index in [1.54, 1.807) is 11.1 Å². The first-order chi connectivity index (χ1) is 15.5. The van der Waals surface area contributed by atoms with Crippen molar-refractivity contribution in [2.75, 3.05) is 0 Å². The lowest BCUT2D eigenvalue weighted by Gasteiger charge is -2.38. The molecule has 0 atom stereocenters. The highest BCUT2D eigenvalue weighted by molar-refractivity contribution is 5.94. The topological polar surface area (TPSA) is 3.88 Å². The van der Waals surface area contributed by atoms with Gasteiger partial charge in [0.15, 0.2) is 5.69 Å². The minimum atomic E-state index is 0.689. The fourth-order valence-electron chi connectivity index (χ4n) is 6.95. The van der Waals surface area contributed by atoms with Gasteiger partial charge in [0.2, 0.25) is 5.69 Å². The molecule has 0 N–H and O–H groups in total. The van der Waals surface area contributed by atoms with E-state index in [1.165, 1.54) is 85.6 Å². The number of nitrogens with zero attached hydrogens (tertiary/aromatic N) is 1. The van der Waals surface area contributed by atoms with Crippen LogP contribution in [0.4, 0.5) is 0 Å². The van der Waals surface area contributed by atoms with E-state index in [0.29, 0.717) is 6.04 Å². The van der Waals surface area contributed by atoms with Crippen molar-refractivity contribution < 1.29 is 5.94 Å². The van der Waals surface area contributed by atoms with Gasteiger partial charge in [-0.25, -0.2) is 0 Å². The molecule has 4 aliphatic carbocycles. The summed E-state index contributed by atoms with van der Waals surface area (Å²) in [7, 11) is 2.15. The first kappa shape index (κ1) is 18.4. The lowest BCUT2D eigenvalue weighted by atomic mass is 9.66. The zero-order chi connectivity index (χ0) is 22.0. The van der Waals surface area contributed by atoms with Crippen LogP contribution in [0.15, 0.2) is 36.4 Å². The summed E-state index contributed by atoms with van der Waals surface area (Å²) in [6.07, 6.45) is 12.2. The van der Waals surface area contributed by atoms with Gasteiger partial charge in [0.25, 0.3) is 0 Å². The molecular weight excluding hydrogens is 374 g/mol. The summed E-state index contributed by atoms with van der Waals surface area (Å²) in [4.78, 5) is 0. The monoisotopic (exact) mass is 411 g/mol. The SMILES string of the molecule is [2H]c1c(C)[n+](C)c(-c2cc3c(cc2C)C2CCC3CC2)c2ccc(CC3CCCC3)cc12. The molecule has 1 heteroatoms. The van der Waals surface area contributed by atoms with Gasteiger partial charge < -0.3 is 0 Å². The Bertz CT molecular complexity index is 1210. The van der Waals surface area contributed by atoms with E-state index in [4.69, 9.17) is 1.37 Å². The van der Waals surface area contributed by atoms with Crippen LogP contribution in [-0.4, -0.2) is 0 Å². The first-order valence-electron chi connectivity index (χ1n) is 13.1. The third kappa shape index (κ3) is 3.23. The van der Waals surface area contributed by atoms with E-state index >= 15 is 0 Å². The molecule has 0 saturated heterocycles. The normalized spacial score (nSPS) is 23.4. The van der Waals surface area contributed by atoms with Crippen LogP contribution in [0.5, 0.6) is 0 Å². The van der Waals surface area contributed by atoms with Crippen molar-refractivity contribution in [3.05, 3.63) is 64.3 Å². The highest BCUT2D eigenvalue weighted by atomic mass is 14.9. The molecule has 7 rings (SSSR count). The van der Waals surface area contributed by atoms with Gasteiger partial charge in [-0.3, -0.25) is 0 Å². The molecule has 0 aliphatic heterocycles. The average Bonchev–Trinajstić information content (AvgIpc) is 3.32. The number of fused-ring (bicyclic) bond motifs is 3. The summed E-state index contributed by atoms with van der Waals surface area (Å²) >= 11 is 0. The standard InChI is InChI=1S/C30H36N/c1-19-14-28-23-9-11-24(12-10-23)29(28)18-27(19)30-26-13-8-22(16-21-6-4-5-7-21)17-25(26)15-20(2)31(30)3/h8,13-15,17-18,21,23-24H,4-7,9-12,16H2,1-3H3/q+1/i15D. The van der Waals surface area contributed by atoms with Gasteiger partial charge in [0.05, 0.1) is 12.3 Å². The molecule has 0 spiro atoms. The maximum atomic E-state index is 8.92. The number of aromatic nitrogens is 1. The molecule has 31 heavy (non-hydrogen) atoms. The van der Waals surface area contributed by atoms with E-state index in [2.05, 4.69) is 55.8 Å². The van der Waals surface area contributed by atoms with Crippen LogP contribution in [0.3, 0.4) is 0 Å². The van der Waals surface area contributed by atoms with Crippen LogP contribution in [0.1, 0.15) is 92.5 Å². The maximum absolute atomic E-state index is 8.92. The van der Waals surface area contributed by atoms with Crippen molar-refractivity contribution in [2.45, 2.75) is 83.5 Å². The Kier molecular flexibility index (Phi) is 4.44. The highest BCUT2D eigenvalue weighted by Crippen LogP contribution is 2.50. The molecule has 1 nitrogen and oxygen atoms in total. The molecular formula is C30H36N+. The summed E-state index contributed by atoms with van der Waals surface area (Å²) in [6, 6.07) is 12.7. The summed E-state index contributed by atoms with van der Waals surface area (Å²) in [5.41, 5.74) is 9.78. The van der Waals surface area contributed by atoms with Crippen molar-refractivity contribution in [2.24, 2.45) is 13.0 Å². The molecule has 160 valence electrons. The van der Waals surface area contributed by atoms with Crippen molar-refractivity contribution in [3.8, 4) is 11.3 Å². The summed E-state index contributed by atoms with van der Waals surface area (Å²) in [5.74, 6) is 2.37. The maximum Gasteiger partial charge on any atom is 0.220 e. The van der Waals surface area contributed by atoms with Gasteiger partial charge in [0, 0.05) is 13.0 Å². The molecule has 0 radical (unpaired) electrons. The second kappa shape index (κ2) is 7.47. The molecule has 4 aliphatic rings. The fourth-order valence-corrected chi connectivity index (χ4v) is 6.95. The number of hydrogen-bond acceptors (Lipinski definition) is 0. The predicted molar refractivity (Wildman–Crippen MR) is 130 cm³/mol. The van der Waals surface area contributed by atoms with Gasteiger partial charge in [-0.1, -0.05) is 43.9 Å². The number of aryl methyl sites for hydroxylation is 1. The van der Waals surface area contributed by atoms with E-state index < -0.39 is 0 Å². The second-order valence-corrected chi connectivity index (χ2v) is 10.7. The Balaban J connectivity index is 1.52. The van der Waals surface area contributed by atoms with Crippen LogP contribution in [0, 0.1) is 19.8 Å². The summed E-state index contributed by atoms with van der Waals surface area (Å²) < 4.78 is 11.2. The predicted octanol–water partition coefficient (Wildman–Crippen LogP) is 7.44. The van der Waals surface area contributed by atoms with Crippen LogP contribution in [0.2, 0.25) is 0 Å². The van der Waals surface area contributed by atoms with Gasteiger partial charge in [-0.15, -0.1) is 0 Å². The van der Waals surface area contributed by atoms with E-state index in [-0.39, 0.29) is 0 Å². The van der Waals surface area contributed by atoms with Crippen molar-refractivity contribution in [3.63, 3.8) is 0 Å². The molecule has 2 aromatic carbocycles. The van der Waals surface area contributed by atoms with Crippen LogP contribution in [-0.2, 0) is 13.5 Å². The number of benzene rings is 2. The van der Waals surface area contributed by atoms with Crippen LogP contribution < -0.4 is 4.57 Å². The van der Waals surface area contributed by atoms with E-state index in [0.717, 1.165) is 28.8 Å². The minimum absolute atomic E-state index is 0.689. The fraction of sp³-hybridized carbons (Fsp3) is 0.500. The molecule has 3 aromatic rings. The molecule has 2 fully saturated rings. The van der Waals surface area contributed by atoms with Crippen molar-refractivity contribution in [1.29, 1.82) is 0 Å². The number of rotatable bonds is 3. The van der Waals surface area contributed by atoms with Crippen LogP contribution >= 0.6 is 0 Å².